The first kappa shape index (κ1) is 12.0. The summed E-state index contributed by atoms with van der Waals surface area (Å²) >= 11 is 0. The van der Waals surface area contributed by atoms with Crippen LogP contribution in [0.2, 0.25) is 0 Å². The predicted molar refractivity (Wildman–Crippen MR) is 59.8 cm³/mol. The van der Waals surface area contributed by atoms with E-state index < -0.39 is 0 Å². The minimum absolute atomic E-state index is 0.0973. The minimum Gasteiger partial charge on any atom is -0.496 e. The van der Waals surface area contributed by atoms with Crippen LogP contribution in [0.4, 0.5) is 4.39 Å². The summed E-state index contributed by atoms with van der Waals surface area (Å²) in [4.78, 5) is 0. The van der Waals surface area contributed by atoms with Crippen molar-refractivity contribution in [1.29, 1.82) is 0 Å². The Balaban J connectivity index is 3.09. The average molecular weight is 211 g/mol. The smallest absolute Gasteiger partial charge is 0.126 e. The first-order valence-electron chi connectivity index (χ1n) is 5.17. The molecule has 0 heterocycles. The van der Waals surface area contributed by atoms with E-state index >= 15 is 0 Å². The van der Waals surface area contributed by atoms with Crippen LogP contribution in [0.3, 0.4) is 0 Å². The van der Waals surface area contributed by atoms with Crippen molar-refractivity contribution >= 4 is 0 Å². The van der Waals surface area contributed by atoms with Crippen molar-refractivity contribution in [1.82, 2.24) is 5.32 Å². The molecule has 1 atom stereocenters. The lowest BCUT2D eigenvalue weighted by Crippen LogP contribution is -2.18. The number of hydrogen-bond acceptors (Lipinski definition) is 2. The highest BCUT2D eigenvalue weighted by atomic mass is 19.1. The van der Waals surface area contributed by atoms with Gasteiger partial charge in [-0.05, 0) is 38.1 Å². The number of aryl methyl sites for hydroxylation is 1. The van der Waals surface area contributed by atoms with Crippen molar-refractivity contribution in [3.63, 3.8) is 0 Å². The SMILES string of the molecule is CCNC(C)c1cc(F)c(C)cc1OC. The molecule has 3 heteroatoms. The molecule has 0 fully saturated rings. The molecule has 0 bridgehead atoms. The molecular weight excluding hydrogens is 193 g/mol. The lowest BCUT2D eigenvalue weighted by Gasteiger charge is -2.17. The highest BCUT2D eigenvalue weighted by Crippen LogP contribution is 2.27. The molecule has 1 rings (SSSR count). The van der Waals surface area contributed by atoms with E-state index in [2.05, 4.69) is 5.32 Å². The van der Waals surface area contributed by atoms with E-state index in [-0.39, 0.29) is 11.9 Å². The van der Waals surface area contributed by atoms with Gasteiger partial charge in [-0.2, -0.15) is 0 Å². The molecule has 1 aromatic carbocycles. The molecule has 0 amide bonds. The van der Waals surface area contributed by atoms with Crippen LogP contribution >= 0.6 is 0 Å². The maximum atomic E-state index is 13.4. The number of hydrogen-bond donors (Lipinski definition) is 1. The molecular formula is C12H18FNO. The zero-order valence-corrected chi connectivity index (χ0v) is 9.73. The Kier molecular flexibility index (Phi) is 4.09. The fraction of sp³-hybridized carbons (Fsp3) is 0.500. The van der Waals surface area contributed by atoms with Crippen LogP contribution in [0.25, 0.3) is 0 Å². The molecule has 1 unspecified atom stereocenters. The van der Waals surface area contributed by atoms with Gasteiger partial charge < -0.3 is 10.1 Å². The van der Waals surface area contributed by atoms with E-state index in [0.717, 1.165) is 17.9 Å². The summed E-state index contributed by atoms with van der Waals surface area (Å²) < 4.78 is 18.7. The summed E-state index contributed by atoms with van der Waals surface area (Å²) in [6.45, 7) is 6.60. The minimum atomic E-state index is -0.185. The van der Waals surface area contributed by atoms with E-state index in [0.29, 0.717) is 5.56 Å². The van der Waals surface area contributed by atoms with Gasteiger partial charge in [-0.25, -0.2) is 4.39 Å². The Morgan fingerprint density at radius 1 is 1.47 bits per heavy atom. The standard InChI is InChI=1S/C12H18FNO/c1-5-14-9(3)10-7-11(13)8(2)6-12(10)15-4/h6-7,9,14H,5H2,1-4H3. The summed E-state index contributed by atoms with van der Waals surface area (Å²) in [6.07, 6.45) is 0. The molecule has 0 aliphatic carbocycles. The number of methoxy groups -OCH3 is 1. The number of nitrogens with one attached hydrogen (secondary N) is 1. The number of benzene rings is 1. The summed E-state index contributed by atoms with van der Waals surface area (Å²) in [5.74, 6) is 0.554. The van der Waals surface area contributed by atoms with Gasteiger partial charge in [-0.1, -0.05) is 6.92 Å². The lowest BCUT2D eigenvalue weighted by atomic mass is 10.0. The zero-order chi connectivity index (χ0) is 11.4. The molecule has 0 radical (unpaired) electrons. The summed E-state index contributed by atoms with van der Waals surface area (Å²) in [5, 5.41) is 3.24. The van der Waals surface area contributed by atoms with E-state index in [1.165, 1.54) is 0 Å². The Morgan fingerprint density at radius 2 is 2.13 bits per heavy atom. The van der Waals surface area contributed by atoms with Crippen molar-refractivity contribution in [3.05, 3.63) is 29.1 Å². The van der Waals surface area contributed by atoms with Crippen LogP contribution in [0.15, 0.2) is 12.1 Å². The summed E-state index contributed by atoms with van der Waals surface area (Å²) in [6, 6.07) is 3.38. The predicted octanol–water partition coefficient (Wildman–Crippen LogP) is 2.81. The van der Waals surface area contributed by atoms with Crippen molar-refractivity contribution < 1.29 is 9.13 Å². The topological polar surface area (TPSA) is 21.3 Å². The van der Waals surface area contributed by atoms with Gasteiger partial charge in [-0.3, -0.25) is 0 Å². The Bertz CT molecular complexity index is 339. The van der Waals surface area contributed by atoms with Crippen LogP contribution in [0.1, 0.15) is 31.0 Å². The number of ether oxygens (including phenoxy) is 1. The fourth-order valence-electron chi connectivity index (χ4n) is 1.60. The third-order valence-corrected chi connectivity index (χ3v) is 2.49. The van der Waals surface area contributed by atoms with Crippen LogP contribution in [-0.2, 0) is 0 Å². The second-order valence-electron chi connectivity index (χ2n) is 3.62. The molecule has 2 nitrogen and oxygen atoms in total. The van der Waals surface area contributed by atoms with E-state index in [9.17, 15) is 4.39 Å². The highest BCUT2D eigenvalue weighted by molar-refractivity contribution is 5.39. The van der Waals surface area contributed by atoms with Gasteiger partial charge in [0.2, 0.25) is 0 Å². The van der Waals surface area contributed by atoms with E-state index in [4.69, 9.17) is 4.74 Å². The second-order valence-corrected chi connectivity index (χ2v) is 3.62. The molecule has 0 saturated heterocycles. The summed E-state index contributed by atoms with van der Waals surface area (Å²) in [7, 11) is 1.61. The van der Waals surface area contributed by atoms with Crippen molar-refractivity contribution in [2.45, 2.75) is 26.8 Å². The van der Waals surface area contributed by atoms with Crippen LogP contribution < -0.4 is 10.1 Å². The van der Waals surface area contributed by atoms with Gasteiger partial charge in [0.15, 0.2) is 0 Å². The van der Waals surface area contributed by atoms with Gasteiger partial charge in [0.05, 0.1) is 7.11 Å². The molecule has 84 valence electrons. The zero-order valence-electron chi connectivity index (χ0n) is 9.73. The second kappa shape index (κ2) is 5.12. The largest absolute Gasteiger partial charge is 0.496 e. The van der Waals surface area contributed by atoms with Crippen LogP contribution in [0, 0.1) is 12.7 Å². The first-order chi connectivity index (χ1) is 7.10. The average Bonchev–Trinajstić information content (AvgIpc) is 2.21. The quantitative estimate of drug-likeness (QED) is 0.826. The number of halogens is 1. The van der Waals surface area contributed by atoms with Crippen molar-refractivity contribution in [2.75, 3.05) is 13.7 Å². The molecule has 0 saturated carbocycles. The van der Waals surface area contributed by atoms with E-state index in [1.54, 1.807) is 26.2 Å². The normalized spacial score (nSPS) is 12.6. The maximum Gasteiger partial charge on any atom is 0.126 e. The molecule has 0 aliphatic rings. The Labute approximate surface area is 90.4 Å². The highest BCUT2D eigenvalue weighted by Gasteiger charge is 2.13. The summed E-state index contributed by atoms with van der Waals surface area (Å²) in [5.41, 5.74) is 1.47. The first-order valence-corrected chi connectivity index (χ1v) is 5.17. The molecule has 1 aromatic rings. The molecule has 15 heavy (non-hydrogen) atoms. The third-order valence-electron chi connectivity index (χ3n) is 2.49. The maximum absolute atomic E-state index is 13.4. The molecule has 0 aliphatic heterocycles. The molecule has 0 spiro atoms. The van der Waals surface area contributed by atoms with Gasteiger partial charge >= 0.3 is 0 Å². The third kappa shape index (κ3) is 2.69. The fourth-order valence-corrected chi connectivity index (χ4v) is 1.60. The van der Waals surface area contributed by atoms with Gasteiger partial charge in [0.1, 0.15) is 11.6 Å². The molecule has 1 N–H and O–H groups in total. The van der Waals surface area contributed by atoms with Crippen LogP contribution in [-0.4, -0.2) is 13.7 Å². The van der Waals surface area contributed by atoms with E-state index in [1.807, 2.05) is 13.8 Å². The van der Waals surface area contributed by atoms with Gasteiger partial charge in [0.25, 0.3) is 0 Å². The lowest BCUT2D eigenvalue weighted by molar-refractivity contribution is 0.400. The van der Waals surface area contributed by atoms with Gasteiger partial charge in [-0.15, -0.1) is 0 Å². The monoisotopic (exact) mass is 211 g/mol. The Morgan fingerprint density at radius 3 is 2.67 bits per heavy atom. The van der Waals surface area contributed by atoms with Crippen molar-refractivity contribution in [2.24, 2.45) is 0 Å². The van der Waals surface area contributed by atoms with Crippen LogP contribution in [0.5, 0.6) is 5.75 Å². The Hall–Kier alpha value is -1.09. The molecule has 0 aromatic heterocycles. The van der Waals surface area contributed by atoms with Gasteiger partial charge in [0, 0.05) is 11.6 Å². The number of rotatable bonds is 4. The van der Waals surface area contributed by atoms with Crippen molar-refractivity contribution in [3.8, 4) is 5.75 Å².